The Bertz CT molecular complexity index is 983. The molecule has 2 aromatic carbocycles. The first-order valence-electron chi connectivity index (χ1n) is 11.5. The van der Waals surface area contributed by atoms with Gasteiger partial charge in [0.15, 0.2) is 0 Å². The van der Waals surface area contributed by atoms with Crippen LogP contribution in [-0.2, 0) is 34.2 Å². The zero-order chi connectivity index (χ0) is 25.3. The van der Waals surface area contributed by atoms with E-state index < -0.39 is 29.6 Å². The van der Waals surface area contributed by atoms with E-state index in [1.807, 2.05) is 60.7 Å². The maximum Gasteiger partial charge on any atom is 0.333 e. The fraction of sp³-hybridized carbons (Fsp3) is 0.370. The van der Waals surface area contributed by atoms with Gasteiger partial charge in [0.1, 0.15) is 24.9 Å². The van der Waals surface area contributed by atoms with Crippen LogP contribution in [0.15, 0.2) is 72.8 Å². The Morgan fingerprint density at radius 3 is 2.06 bits per heavy atom. The molecule has 0 aliphatic carbocycles. The largest absolute Gasteiger partial charge is 0.462 e. The van der Waals surface area contributed by atoms with Crippen LogP contribution < -0.4 is 5.32 Å². The topological polar surface area (TPSA) is 111 Å². The Kier molecular flexibility index (Phi) is 9.17. The van der Waals surface area contributed by atoms with E-state index in [-0.39, 0.29) is 37.7 Å². The number of hydrogen-bond donors (Lipinski definition) is 2. The first-order chi connectivity index (χ1) is 16.8. The zero-order valence-corrected chi connectivity index (χ0v) is 19.8. The number of aliphatic hydroxyl groups is 1. The Balaban J connectivity index is 1.49. The van der Waals surface area contributed by atoms with Crippen LogP contribution in [0.5, 0.6) is 0 Å². The van der Waals surface area contributed by atoms with Crippen LogP contribution in [0.4, 0.5) is 0 Å². The van der Waals surface area contributed by atoms with Crippen LogP contribution in [-0.4, -0.2) is 54.9 Å². The Hall–Kier alpha value is -3.49. The van der Waals surface area contributed by atoms with Gasteiger partial charge in [-0.05, 0) is 18.1 Å². The summed E-state index contributed by atoms with van der Waals surface area (Å²) in [6.07, 6.45) is -0.309. The van der Waals surface area contributed by atoms with Crippen LogP contribution in [0.1, 0.15) is 37.3 Å². The molecule has 0 saturated carbocycles. The molecular formula is C27H31NO7. The summed E-state index contributed by atoms with van der Waals surface area (Å²) in [5, 5.41) is 15.1. The van der Waals surface area contributed by atoms with E-state index in [2.05, 4.69) is 11.9 Å². The number of nitrogens with one attached hydrogen (secondary N) is 1. The van der Waals surface area contributed by atoms with E-state index in [0.29, 0.717) is 13.0 Å². The fourth-order valence-electron chi connectivity index (χ4n) is 4.00. The maximum atomic E-state index is 12.3. The third-order valence-corrected chi connectivity index (χ3v) is 5.78. The Labute approximate surface area is 204 Å². The van der Waals surface area contributed by atoms with Crippen molar-refractivity contribution in [3.05, 3.63) is 83.9 Å². The van der Waals surface area contributed by atoms with Gasteiger partial charge in [0, 0.05) is 24.6 Å². The van der Waals surface area contributed by atoms with Crippen LogP contribution in [0.25, 0.3) is 0 Å². The van der Waals surface area contributed by atoms with Crippen molar-refractivity contribution in [1.29, 1.82) is 0 Å². The lowest BCUT2D eigenvalue weighted by Gasteiger charge is -2.35. The molecule has 8 nitrogen and oxygen atoms in total. The van der Waals surface area contributed by atoms with Gasteiger partial charge in [-0.15, -0.1) is 0 Å². The summed E-state index contributed by atoms with van der Waals surface area (Å²) in [7, 11) is 0. The third kappa shape index (κ3) is 7.00. The summed E-state index contributed by atoms with van der Waals surface area (Å²) >= 11 is 0. The van der Waals surface area contributed by atoms with Crippen molar-refractivity contribution in [2.45, 2.75) is 43.9 Å². The summed E-state index contributed by atoms with van der Waals surface area (Å²) in [6, 6.07) is 18.4. The van der Waals surface area contributed by atoms with Crippen molar-refractivity contribution in [2.24, 2.45) is 0 Å². The first-order valence-corrected chi connectivity index (χ1v) is 11.5. The molecule has 2 aromatic rings. The lowest BCUT2D eigenvalue weighted by molar-refractivity contribution is -0.154. The summed E-state index contributed by atoms with van der Waals surface area (Å²) in [5.74, 6) is -1.66. The number of benzene rings is 2. The molecule has 0 amide bonds. The van der Waals surface area contributed by atoms with E-state index in [1.54, 1.807) is 0 Å². The van der Waals surface area contributed by atoms with Gasteiger partial charge >= 0.3 is 17.9 Å². The van der Waals surface area contributed by atoms with E-state index >= 15 is 0 Å². The highest BCUT2D eigenvalue weighted by Crippen LogP contribution is 2.37. The number of esters is 3. The highest BCUT2D eigenvalue weighted by Gasteiger charge is 2.44. The van der Waals surface area contributed by atoms with Gasteiger partial charge in [0.05, 0.1) is 12.8 Å². The molecule has 1 aliphatic rings. The van der Waals surface area contributed by atoms with Crippen LogP contribution >= 0.6 is 0 Å². The predicted octanol–water partition coefficient (Wildman–Crippen LogP) is 2.64. The molecular weight excluding hydrogens is 450 g/mol. The lowest BCUT2D eigenvalue weighted by Crippen LogP contribution is -2.46. The summed E-state index contributed by atoms with van der Waals surface area (Å²) in [6.45, 7) is 5.18. The second-order valence-electron chi connectivity index (χ2n) is 8.44. The molecule has 8 heteroatoms. The highest BCUT2D eigenvalue weighted by atomic mass is 16.6. The number of rotatable bonds is 11. The van der Waals surface area contributed by atoms with Gasteiger partial charge in [-0.2, -0.15) is 0 Å². The van der Waals surface area contributed by atoms with Crippen molar-refractivity contribution < 1.29 is 33.7 Å². The number of carbonyl (C=O) groups is 3. The van der Waals surface area contributed by atoms with Crippen molar-refractivity contribution >= 4 is 17.9 Å². The Morgan fingerprint density at radius 2 is 1.49 bits per heavy atom. The van der Waals surface area contributed by atoms with Gasteiger partial charge in [0.25, 0.3) is 0 Å². The second-order valence-corrected chi connectivity index (χ2v) is 8.44. The van der Waals surface area contributed by atoms with E-state index in [9.17, 15) is 19.5 Å². The smallest absolute Gasteiger partial charge is 0.333 e. The standard InChI is InChI=1S/C27H31NO7/c1-19(2)26(31)34-16-15-33-24(29)13-14-25(30)35-22-17-23(28-18-22)27(32,20-9-5-3-6-10-20)21-11-7-4-8-12-21/h3-12,22-23,28,32H,1,13-18H2,2H3/t22-,23+/m1/s1. The average Bonchev–Trinajstić information content (AvgIpc) is 3.34. The number of carbonyl (C=O) groups excluding carboxylic acids is 3. The molecule has 0 unspecified atom stereocenters. The molecule has 2 N–H and O–H groups in total. The van der Waals surface area contributed by atoms with Crippen molar-refractivity contribution in [2.75, 3.05) is 19.8 Å². The van der Waals surface area contributed by atoms with Crippen LogP contribution in [0.2, 0.25) is 0 Å². The quantitative estimate of drug-likeness (QED) is 0.218. The van der Waals surface area contributed by atoms with Crippen LogP contribution in [0.3, 0.4) is 0 Å². The zero-order valence-electron chi connectivity index (χ0n) is 19.8. The van der Waals surface area contributed by atoms with E-state index in [1.165, 1.54) is 6.92 Å². The minimum Gasteiger partial charge on any atom is -0.462 e. The lowest BCUT2D eigenvalue weighted by atomic mass is 9.79. The van der Waals surface area contributed by atoms with Crippen molar-refractivity contribution in [3.63, 3.8) is 0 Å². The molecule has 1 saturated heterocycles. The molecule has 1 heterocycles. The molecule has 0 aromatic heterocycles. The van der Waals surface area contributed by atoms with Gasteiger partial charge in [-0.25, -0.2) is 4.79 Å². The minimum absolute atomic E-state index is 0.0806. The van der Waals surface area contributed by atoms with E-state index in [0.717, 1.165) is 11.1 Å². The molecule has 186 valence electrons. The predicted molar refractivity (Wildman–Crippen MR) is 128 cm³/mol. The minimum atomic E-state index is -1.30. The molecule has 2 atom stereocenters. The Morgan fingerprint density at radius 1 is 0.943 bits per heavy atom. The second kappa shape index (κ2) is 12.3. The van der Waals surface area contributed by atoms with Gasteiger partial charge in [0.2, 0.25) is 0 Å². The molecule has 0 bridgehead atoms. The van der Waals surface area contributed by atoms with Gasteiger partial charge in [-0.3, -0.25) is 9.59 Å². The van der Waals surface area contributed by atoms with Crippen LogP contribution in [0, 0.1) is 0 Å². The summed E-state index contributed by atoms with van der Waals surface area (Å²) in [4.78, 5) is 35.4. The summed E-state index contributed by atoms with van der Waals surface area (Å²) < 4.78 is 15.3. The SMILES string of the molecule is C=C(C)C(=O)OCCOC(=O)CCC(=O)O[C@H]1CN[C@H](C(O)(c2ccccc2)c2ccccc2)C1. The maximum absolute atomic E-state index is 12.3. The molecule has 0 radical (unpaired) electrons. The monoisotopic (exact) mass is 481 g/mol. The van der Waals surface area contributed by atoms with E-state index in [4.69, 9.17) is 14.2 Å². The van der Waals surface area contributed by atoms with Gasteiger partial charge in [-0.1, -0.05) is 67.2 Å². The number of hydrogen-bond acceptors (Lipinski definition) is 8. The summed E-state index contributed by atoms with van der Waals surface area (Å²) in [5.41, 5.74) is 0.439. The molecule has 1 fully saturated rings. The number of ether oxygens (including phenoxy) is 3. The third-order valence-electron chi connectivity index (χ3n) is 5.78. The molecule has 1 aliphatic heterocycles. The fourth-order valence-corrected chi connectivity index (χ4v) is 4.00. The molecule has 0 spiro atoms. The normalized spacial score (nSPS) is 17.4. The average molecular weight is 482 g/mol. The molecule has 3 rings (SSSR count). The molecule has 35 heavy (non-hydrogen) atoms. The van der Waals surface area contributed by atoms with Gasteiger partial charge < -0.3 is 24.6 Å². The highest BCUT2D eigenvalue weighted by molar-refractivity contribution is 5.86. The first kappa shape index (κ1) is 26.1. The van der Waals surface area contributed by atoms with Crippen molar-refractivity contribution in [1.82, 2.24) is 5.32 Å². The van der Waals surface area contributed by atoms with Crippen molar-refractivity contribution in [3.8, 4) is 0 Å².